The number of imidazole rings is 1. The van der Waals surface area contributed by atoms with E-state index in [0.717, 1.165) is 12.8 Å². The van der Waals surface area contributed by atoms with Crippen molar-refractivity contribution in [1.82, 2.24) is 19.5 Å². The predicted octanol–water partition coefficient (Wildman–Crippen LogP) is -0.0482. The summed E-state index contributed by atoms with van der Waals surface area (Å²) in [6.45, 7) is -0.282. The summed E-state index contributed by atoms with van der Waals surface area (Å²) >= 11 is 0. The quantitative estimate of drug-likeness (QED) is 0.374. The van der Waals surface area contributed by atoms with E-state index >= 15 is 0 Å². The highest BCUT2D eigenvalue weighted by Gasteiger charge is 2.44. The summed E-state index contributed by atoms with van der Waals surface area (Å²) in [4.78, 5) is 30.6. The molecule has 2 aromatic rings. The number of nitrogens with one attached hydrogen (secondary N) is 1. The number of hydrogen-bond acceptors (Lipinski definition) is 9. The maximum Gasteiger partial charge on any atom is 0.350 e. The minimum atomic E-state index is -4.33. The lowest BCUT2D eigenvalue weighted by molar-refractivity contribution is -0.0612. The van der Waals surface area contributed by atoms with Gasteiger partial charge < -0.3 is 34.8 Å². The Bertz CT molecular complexity index is 899. The first kappa shape index (κ1) is 20.6. The topological polar surface area (TPSA) is 172 Å². The van der Waals surface area contributed by atoms with Crippen molar-refractivity contribution in [2.24, 2.45) is 0 Å². The van der Waals surface area contributed by atoms with Crippen LogP contribution in [-0.4, -0.2) is 76.8 Å². The van der Waals surface area contributed by atoms with Gasteiger partial charge in [-0.15, -0.1) is 0 Å². The van der Waals surface area contributed by atoms with Crippen LogP contribution in [0.2, 0.25) is 0 Å². The smallest absolute Gasteiger partial charge is 0.350 e. The van der Waals surface area contributed by atoms with Crippen LogP contribution < -0.4 is 5.32 Å². The van der Waals surface area contributed by atoms with Crippen molar-refractivity contribution in [2.75, 3.05) is 18.3 Å². The number of nitrogens with zero attached hydrogens (tertiary/aromatic N) is 4. The van der Waals surface area contributed by atoms with Gasteiger partial charge in [0.25, 0.3) is 0 Å². The predicted molar refractivity (Wildman–Crippen MR) is 100.0 cm³/mol. The fourth-order valence-electron chi connectivity index (χ4n) is 3.79. The van der Waals surface area contributed by atoms with E-state index in [1.165, 1.54) is 30.1 Å². The van der Waals surface area contributed by atoms with E-state index in [1.807, 2.05) is 0 Å². The Morgan fingerprint density at radius 3 is 2.69 bits per heavy atom. The zero-order valence-corrected chi connectivity index (χ0v) is 16.4. The van der Waals surface area contributed by atoms with E-state index < -0.39 is 38.5 Å². The minimum absolute atomic E-state index is 0.282. The molecule has 12 nitrogen and oxygen atoms in total. The Labute approximate surface area is 166 Å². The molecule has 4 rings (SSSR count). The van der Waals surface area contributed by atoms with Crippen LogP contribution in [0, 0.1) is 0 Å². The fourth-order valence-corrected chi connectivity index (χ4v) is 4.13. The summed E-state index contributed by atoms with van der Waals surface area (Å²) in [7, 11) is -4.33. The van der Waals surface area contributed by atoms with Gasteiger partial charge >= 0.3 is 7.60 Å². The summed E-state index contributed by atoms with van der Waals surface area (Å²) in [6.07, 6.45) is 2.01. The molecule has 1 saturated carbocycles. The van der Waals surface area contributed by atoms with E-state index in [1.54, 1.807) is 0 Å². The molecule has 3 heterocycles. The Hall–Kier alpha value is -1.66. The molecule has 0 aromatic carbocycles. The molecule has 0 amide bonds. The number of anilines is 1. The van der Waals surface area contributed by atoms with E-state index in [9.17, 15) is 14.8 Å². The highest BCUT2D eigenvalue weighted by molar-refractivity contribution is 7.51. The first-order valence-corrected chi connectivity index (χ1v) is 11.2. The number of fused-ring (bicyclic) bond motifs is 1. The van der Waals surface area contributed by atoms with E-state index in [0.29, 0.717) is 23.0 Å². The standard InChI is InChI=1S/C16H24N5O7P/c22-12-10(5-27-8-29(24,25)26)28-16(13(12)23)21-7-19-11-14(17-6-18-15(11)21)20-9-3-1-2-4-9/h6-7,9-10,12-13,16,22-23H,1-5,8H2,(H,17,18,20)(H2,24,25,26)/t10-,12-,13-,16-/m1/s1. The third-order valence-electron chi connectivity index (χ3n) is 5.21. The van der Waals surface area contributed by atoms with Gasteiger partial charge in [0.1, 0.15) is 31.0 Å². The molecule has 1 aliphatic carbocycles. The van der Waals surface area contributed by atoms with Crippen molar-refractivity contribution in [1.29, 1.82) is 0 Å². The minimum Gasteiger partial charge on any atom is -0.387 e. The van der Waals surface area contributed by atoms with Gasteiger partial charge in [0.2, 0.25) is 0 Å². The second-order valence-electron chi connectivity index (χ2n) is 7.38. The maximum atomic E-state index is 10.9. The lowest BCUT2D eigenvalue weighted by atomic mass is 10.1. The Balaban J connectivity index is 1.51. The van der Waals surface area contributed by atoms with Gasteiger partial charge in [0, 0.05) is 6.04 Å². The summed E-state index contributed by atoms with van der Waals surface area (Å²) in [6, 6.07) is 0.337. The number of aromatic nitrogens is 4. The number of aliphatic hydroxyl groups is 2. The third kappa shape index (κ3) is 4.43. The molecular formula is C16H24N5O7P. The van der Waals surface area contributed by atoms with Crippen LogP contribution in [0.4, 0.5) is 5.82 Å². The third-order valence-corrected chi connectivity index (χ3v) is 5.73. The molecule has 2 fully saturated rings. The number of aliphatic hydroxyl groups excluding tert-OH is 2. The Morgan fingerprint density at radius 1 is 1.21 bits per heavy atom. The molecule has 0 spiro atoms. The van der Waals surface area contributed by atoms with Gasteiger partial charge in [0.05, 0.1) is 12.9 Å². The molecule has 0 radical (unpaired) electrons. The molecule has 2 aromatic heterocycles. The van der Waals surface area contributed by atoms with Crippen LogP contribution in [0.15, 0.2) is 12.7 Å². The normalized spacial score (nSPS) is 28.4. The zero-order valence-electron chi connectivity index (χ0n) is 15.5. The average molecular weight is 429 g/mol. The average Bonchev–Trinajstić information content (AvgIpc) is 3.37. The molecule has 1 saturated heterocycles. The Kier molecular flexibility index (Phi) is 5.85. The molecule has 5 N–H and O–H groups in total. The second-order valence-corrected chi connectivity index (χ2v) is 8.97. The lowest BCUT2D eigenvalue weighted by Crippen LogP contribution is -2.33. The Morgan fingerprint density at radius 2 is 1.97 bits per heavy atom. The first-order valence-electron chi connectivity index (χ1n) is 9.41. The van der Waals surface area contributed by atoms with Crippen molar-refractivity contribution >= 4 is 24.6 Å². The monoisotopic (exact) mass is 429 g/mol. The molecule has 4 atom stereocenters. The van der Waals surface area contributed by atoms with Crippen LogP contribution in [0.1, 0.15) is 31.9 Å². The second kappa shape index (κ2) is 8.23. The van der Waals surface area contributed by atoms with Crippen molar-refractivity contribution in [3.63, 3.8) is 0 Å². The zero-order chi connectivity index (χ0) is 20.6. The molecule has 160 valence electrons. The molecule has 1 aliphatic heterocycles. The van der Waals surface area contributed by atoms with E-state index in [2.05, 4.69) is 20.3 Å². The van der Waals surface area contributed by atoms with Crippen molar-refractivity contribution in [3.05, 3.63) is 12.7 Å². The van der Waals surface area contributed by atoms with E-state index in [-0.39, 0.29) is 6.61 Å². The van der Waals surface area contributed by atoms with Crippen LogP contribution in [0.5, 0.6) is 0 Å². The molecule has 29 heavy (non-hydrogen) atoms. The van der Waals surface area contributed by atoms with E-state index in [4.69, 9.17) is 19.3 Å². The van der Waals surface area contributed by atoms with Gasteiger partial charge in [0.15, 0.2) is 23.2 Å². The van der Waals surface area contributed by atoms with Gasteiger partial charge in [-0.1, -0.05) is 12.8 Å². The van der Waals surface area contributed by atoms with Crippen LogP contribution in [0.25, 0.3) is 11.2 Å². The molecule has 0 unspecified atom stereocenters. The molecule has 2 aliphatic rings. The summed E-state index contributed by atoms with van der Waals surface area (Å²) in [5.74, 6) is 0.607. The maximum absolute atomic E-state index is 10.9. The van der Waals surface area contributed by atoms with Crippen molar-refractivity contribution in [3.8, 4) is 0 Å². The van der Waals surface area contributed by atoms with Crippen LogP contribution in [0.3, 0.4) is 0 Å². The SMILES string of the molecule is O=P(O)(O)COC[C@H]1O[C@@H](n2cnc3c(NC4CCCC4)ncnc32)[C@H](O)[C@@H]1O. The number of ether oxygens (including phenoxy) is 2. The summed E-state index contributed by atoms with van der Waals surface area (Å²) in [5, 5.41) is 24.1. The van der Waals surface area contributed by atoms with Gasteiger partial charge in [-0.2, -0.15) is 0 Å². The van der Waals surface area contributed by atoms with Gasteiger partial charge in [-0.3, -0.25) is 9.13 Å². The summed E-state index contributed by atoms with van der Waals surface area (Å²) in [5.41, 5.74) is 0.972. The molecule has 13 heteroatoms. The molecular weight excluding hydrogens is 405 g/mol. The summed E-state index contributed by atoms with van der Waals surface area (Å²) < 4.78 is 23.0. The highest BCUT2D eigenvalue weighted by Crippen LogP contribution is 2.36. The lowest BCUT2D eigenvalue weighted by Gasteiger charge is -2.17. The van der Waals surface area contributed by atoms with Crippen molar-refractivity contribution < 1.29 is 34.0 Å². The van der Waals surface area contributed by atoms with Gasteiger partial charge in [-0.05, 0) is 12.8 Å². The van der Waals surface area contributed by atoms with Crippen LogP contribution in [-0.2, 0) is 14.0 Å². The highest BCUT2D eigenvalue weighted by atomic mass is 31.2. The van der Waals surface area contributed by atoms with Gasteiger partial charge in [-0.25, -0.2) is 15.0 Å². The number of hydrogen-bond donors (Lipinski definition) is 5. The fraction of sp³-hybridized carbons (Fsp3) is 0.688. The largest absolute Gasteiger partial charge is 0.387 e. The van der Waals surface area contributed by atoms with Crippen LogP contribution >= 0.6 is 7.60 Å². The number of rotatable bonds is 7. The van der Waals surface area contributed by atoms with Crippen molar-refractivity contribution in [2.45, 2.75) is 56.3 Å². The molecule has 0 bridgehead atoms. The first-order chi connectivity index (χ1) is 13.8.